The number of hydrogen-bond donors (Lipinski definition) is 3. The molecule has 1 atom stereocenters. The van der Waals surface area contributed by atoms with Gasteiger partial charge in [-0.25, -0.2) is 24.0 Å². The Morgan fingerprint density at radius 3 is 2.74 bits per heavy atom. The molecule has 0 radical (unpaired) electrons. The second kappa shape index (κ2) is 9.41. The number of carbonyl (C=O) groups is 1. The highest BCUT2D eigenvalue weighted by atomic mass is 35.5. The van der Waals surface area contributed by atoms with E-state index in [1.54, 1.807) is 18.5 Å². The highest BCUT2D eigenvalue weighted by Crippen LogP contribution is 2.41. The number of anilines is 2. The van der Waals surface area contributed by atoms with Gasteiger partial charge < -0.3 is 10.6 Å². The van der Waals surface area contributed by atoms with Gasteiger partial charge in [0.25, 0.3) is 0 Å². The summed E-state index contributed by atoms with van der Waals surface area (Å²) in [4.78, 5) is 26.0. The van der Waals surface area contributed by atoms with Crippen LogP contribution >= 0.6 is 11.6 Å². The van der Waals surface area contributed by atoms with Crippen LogP contribution in [0.5, 0.6) is 0 Å². The van der Waals surface area contributed by atoms with Crippen molar-refractivity contribution >= 4 is 29.1 Å². The first-order valence-electron chi connectivity index (χ1n) is 11.1. The molecule has 0 unspecified atom stereocenters. The van der Waals surface area contributed by atoms with Crippen LogP contribution in [0.2, 0.25) is 5.02 Å². The van der Waals surface area contributed by atoms with E-state index in [4.69, 9.17) is 11.6 Å². The number of nitrogens with zero attached hydrogens (tertiary/aromatic N) is 6. The molecule has 35 heavy (non-hydrogen) atoms. The molecule has 1 aliphatic carbocycles. The molecule has 1 aliphatic rings. The molecule has 180 valence electrons. The zero-order chi connectivity index (χ0) is 24.5. The Bertz CT molecular complexity index is 1350. The molecule has 1 fully saturated rings. The average Bonchev–Trinajstić information content (AvgIpc) is 3.42. The number of hydrogen-bond acceptors (Lipinski definition) is 7. The van der Waals surface area contributed by atoms with Crippen molar-refractivity contribution in [1.29, 1.82) is 0 Å². The van der Waals surface area contributed by atoms with Crippen molar-refractivity contribution in [3.8, 4) is 5.82 Å². The molecule has 12 heteroatoms. The number of pyridine rings is 1. The molecule has 1 amide bonds. The molecule has 1 saturated carbocycles. The lowest BCUT2D eigenvalue weighted by molar-refractivity contribution is -0.128. The predicted molar refractivity (Wildman–Crippen MR) is 127 cm³/mol. The van der Waals surface area contributed by atoms with Gasteiger partial charge in [-0.15, -0.1) is 0 Å². The molecule has 3 N–H and O–H groups in total. The maximum atomic E-state index is 13.2. The highest BCUT2D eigenvalue weighted by Gasteiger charge is 2.37. The summed E-state index contributed by atoms with van der Waals surface area (Å²) in [6, 6.07) is 5.20. The van der Waals surface area contributed by atoms with Gasteiger partial charge in [0.05, 0.1) is 24.6 Å². The number of carbonyl (C=O) groups excluding carboxylic acids is 1. The van der Waals surface area contributed by atoms with Crippen LogP contribution in [0.1, 0.15) is 48.8 Å². The topological polar surface area (TPSA) is 126 Å². The Morgan fingerprint density at radius 1 is 1.26 bits per heavy atom. The van der Waals surface area contributed by atoms with E-state index < -0.39 is 5.82 Å². The van der Waals surface area contributed by atoms with Crippen molar-refractivity contribution in [2.24, 2.45) is 5.92 Å². The average molecular weight is 496 g/mol. The molecular formula is C23H23ClFN9O. The Morgan fingerprint density at radius 2 is 2.09 bits per heavy atom. The number of aryl methyl sites for hydroxylation is 1. The van der Waals surface area contributed by atoms with Gasteiger partial charge >= 0.3 is 0 Å². The largest absolute Gasteiger partial charge is 0.349 e. The van der Waals surface area contributed by atoms with Gasteiger partial charge in [-0.2, -0.15) is 10.2 Å². The monoisotopic (exact) mass is 495 g/mol. The van der Waals surface area contributed by atoms with E-state index in [0.717, 1.165) is 17.5 Å². The fourth-order valence-corrected chi connectivity index (χ4v) is 4.08. The highest BCUT2D eigenvalue weighted by molar-refractivity contribution is 6.32. The molecule has 0 spiro atoms. The Hall–Kier alpha value is -3.86. The van der Waals surface area contributed by atoms with Crippen LogP contribution in [0, 0.1) is 18.7 Å². The van der Waals surface area contributed by atoms with E-state index in [0.29, 0.717) is 41.1 Å². The zero-order valence-electron chi connectivity index (χ0n) is 19.0. The smallest absolute Gasteiger partial charge is 0.223 e. The van der Waals surface area contributed by atoms with Gasteiger partial charge in [-0.05, 0) is 38.3 Å². The summed E-state index contributed by atoms with van der Waals surface area (Å²) in [6.07, 6.45) is 6.90. The van der Waals surface area contributed by atoms with Crippen LogP contribution in [0.4, 0.5) is 16.0 Å². The third kappa shape index (κ3) is 4.99. The summed E-state index contributed by atoms with van der Waals surface area (Å²) >= 11 is 6.24. The molecule has 10 nitrogen and oxygen atoms in total. The Balaban J connectivity index is 1.16. The van der Waals surface area contributed by atoms with E-state index in [2.05, 4.69) is 40.9 Å². The van der Waals surface area contributed by atoms with Gasteiger partial charge in [0.15, 0.2) is 23.3 Å². The van der Waals surface area contributed by atoms with E-state index in [1.165, 1.54) is 10.9 Å². The Labute approximate surface area is 205 Å². The van der Waals surface area contributed by atoms with E-state index in [1.807, 2.05) is 26.0 Å². The van der Waals surface area contributed by atoms with Crippen LogP contribution in [-0.4, -0.2) is 40.8 Å². The minimum Gasteiger partial charge on any atom is -0.349 e. The van der Waals surface area contributed by atoms with Crippen molar-refractivity contribution in [3.05, 3.63) is 70.9 Å². The number of aromatic nitrogens is 7. The van der Waals surface area contributed by atoms with E-state index in [-0.39, 0.29) is 23.8 Å². The fraction of sp³-hybridized carbons (Fsp3) is 0.304. The second-order valence-corrected chi connectivity index (χ2v) is 9.04. The number of amides is 1. The standard InChI is InChI=1S/C23H23ClFN9O/c1-12-5-19(33-32-12)30-22-18(24)10-27-21(31-22)15-6-16(7-15)23(35)29-13(2)14-3-4-20(26-8-14)34-11-17(25)9-28-34/h3-5,8-11,13,15-16H,6-7H2,1-2H3,(H,29,35)(H2,27,30,31,32,33)/t13-,15-,16-/m0/s1. The molecule has 0 aliphatic heterocycles. The summed E-state index contributed by atoms with van der Waals surface area (Å²) in [5.41, 5.74) is 1.76. The SMILES string of the molecule is Cc1cc(Nc2nc([C@H]3C[C@H](C(=O)N[C@@H](C)c4ccc(-n5cc(F)cn5)nc4)C3)ncc2Cl)n[nH]1. The van der Waals surface area contributed by atoms with Crippen molar-refractivity contribution in [2.45, 2.75) is 38.6 Å². The summed E-state index contributed by atoms with van der Waals surface area (Å²) in [5.74, 6) is 1.76. The van der Waals surface area contributed by atoms with Crippen LogP contribution < -0.4 is 10.6 Å². The third-order valence-corrected chi connectivity index (χ3v) is 6.28. The summed E-state index contributed by atoms with van der Waals surface area (Å²) in [5, 5.41) is 17.4. The van der Waals surface area contributed by atoms with Crippen LogP contribution in [0.25, 0.3) is 5.82 Å². The fourth-order valence-electron chi connectivity index (χ4n) is 3.94. The summed E-state index contributed by atoms with van der Waals surface area (Å²) in [6.45, 7) is 3.80. The molecule has 0 aromatic carbocycles. The van der Waals surface area contributed by atoms with Crippen molar-refractivity contribution in [2.75, 3.05) is 5.32 Å². The van der Waals surface area contributed by atoms with Crippen molar-refractivity contribution in [3.63, 3.8) is 0 Å². The Kier molecular flexibility index (Phi) is 6.16. The first-order chi connectivity index (χ1) is 16.9. The number of aromatic amines is 1. The van der Waals surface area contributed by atoms with Crippen molar-refractivity contribution < 1.29 is 9.18 Å². The van der Waals surface area contributed by atoms with E-state index in [9.17, 15) is 9.18 Å². The van der Waals surface area contributed by atoms with Crippen molar-refractivity contribution in [1.82, 2.24) is 40.2 Å². The van der Waals surface area contributed by atoms with Gasteiger partial charge in [-0.3, -0.25) is 9.89 Å². The number of H-pyrrole nitrogens is 1. The maximum absolute atomic E-state index is 13.2. The number of halogens is 2. The second-order valence-electron chi connectivity index (χ2n) is 8.63. The lowest BCUT2D eigenvalue weighted by Gasteiger charge is -2.34. The van der Waals surface area contributed by atoms with E-state index >= 15 is 0 Å². The van der Waals surface area contributed by atoms with Gasteiger partial charge in [0.1, 0.15) is 10.8 Å². The molecule has 4 aromatic rings. The molecule has 5 rings (SSSR count). The predicted octanol–water partition coefficient (Wildman–Crippen LogP) is 4.00. The molecule has 0 saturated heterocycles. The lowest BCUT2D eigenvalue weighted by Crippen LogP contribution is -2.39. The molecule has 0 bridgehead atoms. The van der Waals surface area contributed by atoms with Gasteiger partial charge in [-0.1, -0.05) is 17.7 Å². The molecule has 4 aromatic heterocycles. The maximum Gasteiger partial charge on any atom is 0.223 e. The van der Waals surface area contributed by atoms with Crippen LogP contribution in [0.15, 0.2) is 43.0 Å². The first kappa shape index (κ1) is 22.9. The normalized spacial score (nSPS) is 18.1. The molecular weight excluding hydrogens is 473 g/mol. The van der Waals surface area contributed by atoms with Crippen LogP contribution in [-0.2, 0) is 4.79 Å². The van der Waals surface area contributed by atoms with Crippen LogP contribution in [0.3, 0.4) is 0 Å². The minimum atomic E-state index is -0.431. The quantitative estimate of drug-likeness (QED) is 0.353. The first-order valence-corrected chi connectivity index (χ1v) is 11.5. The lowest BCUT2D eigenvalue weighted by atomic mass is 9.73. The third-order valence-electron chi connectivity index (χ3n) is 6.00. The van der Waals surface area contributed by atoms with Gasteiger partial charge in [0, 0.05) is 29.8 Å². The minimum absolute atomic E-state index is 0.0220. The number of nitrogens with one attached hydrogen (secondary N) is 3. The summed E-state index contributed by atoms with van der Waals surface area (Å²) < 4.78 is 14.5. The van der Waals surface area contributed by atoms with Gasteiger partial charge in [0.2, 0.25) is 5.91 Å². The summed E-state index contributed by atoms with van der Waals surface area (Å²) in [7, 11) is 0. The number of rotatable bonds is 7. The molecule has 4 heterocycles. The zero-order valence-corrected chi connectivity index (χ0v) is 19.8.